The Labute approximate surface area is 108 Å². The summed E-state index contributed by atoms with van der Waals surface area (Å²) in [4.78, 5) is 0. The van der Waals surface area contributed by atoms with E-state index in [1.165, 1.54) is 0 Å². The predicted molar refractivity (Wildman–Crippen MR) is 69.5 cm³/mol. The van der Waals surface area contributed by atoms with Crippen molar-refractivity contribution in [1.29, 1.82) is 0 Å². The molecular weight excluding hydrogens is 263 g/mol. The fourth-order valence-corrected chi connectivity index (χ4v) is 2.86. The minimum atomic E-state index is 0.578. The zero-order chi connectivity index (χ0) is 11.5. The third-order valence-corrected chi connectivity index (χ3v) is 3.63. The first kappa shape index (κ1) is 11.8. The van der Waals surface area contributed by atoms with Crippen molar-refractivity contribution >= 4 is 34.5 Å². The van der Waals surface area contributed by atoms with Gasteiger partial charge >= 0.3 is 0 Å². The van der Waals surface area contributed by atoms with Crippen molar-refractivity contribution in [2.24, 2.45) is 0 Å². The zero-order valence-electron chi connectivity index (χ0n) is 8.70. The highest BCUT2D eigenvalue weighted by Crippen LogP contribution is 2.28. The van der Waals surface area contributed by atoms with Gasteiger partial charge in [0.2, 0.25) is 0 Å². The van der Waals surface area contributed by atoms with Gasteiger partial charge in [-0.25, -0.2) is 0 Å². The Kier molecular flexibility index (Phi) is 3.79. The van der Waals surface area contributed by atoms with Crippen LogP contribution in [-0.2, 0) is 6.42 Å². The maximum absolute atomic E-state index is 5.91. The second kappa shape index (κ2) is 5.13. The van der Waals surface area contributed by atoms with Crippen LogP contribution < -0.4 is 0 Å². The maximum atomic E-state index is 5.91. The molecule has 0 aliphatic carbocycles. The lowest BCUT2D eigenvalue weighted by Gasteiger charge is -2.01. The Morgan fingerprint density at radius 3 is 2.81 bits per heavy atom. The molecule has 2 rings (SSSR count). The lowest BCUT2D eigenvalue weighted by molar-refractivity contribution is 0.989. The van der Waals surface area contributed by atoms with Gasteiger partial charge in [0.05, 0.1) is 0 Å². The van der Waals surface area contributed by atoms with Gasteiger partial charge in [0, 0.05) is 22.9 Å². The van der Waals surface area contributed by atoms with Crippen LogP contribution in [-0.4, -0.2) is 16.1 Å². The van der Waals surface area contributed by atoms with E-state index in [0.717, 1.165) is 32.6 Å². The highest BCUT2D eigenvalue weighted by Gasteiger charge is 2.08. The molecule has 2 nitrogen and oxygen atoms in total. The van der Waals surface area contributed by atoms with Crippen LogP contribution in [0.1, 0.15) is 10.6 Å². The molecule has 84 valence electrons. The first-order valence-corrected chi connectivity index (χ1v) is 6.58. The SMILES string of the molecule is Cc1cc(Cl)ccc1-c1nnc(CCCl)s1. The summed E-state index contributed by atoms with van der Waals surface area (Å²) in [6.07, 6.45) is 0.770. The van der Waals surface area contributed by atoms with Crippen molar-refractivity contribution < 1.29 is 0 Å². The Balaban J connectivity index is 2.35. The molecule has 0 unspecified atom stereocenters. The monoisotopic (exact) mass is 272 g/mol. The van der Waals surface area contributed by atoms with Gasteiger partial charge in [-0.15, -0.1) is 21.8 Å². The van der Waals surface area contributed by atoms with Gasteiger partial charge in [0.1, 0.15) is 10.0 Å². The van der Waals surface area contributed by atoms with Gasteiger partial charge in [-0.1, -0.05) is 29.0 Å². The summed E-state index contributed by atoms with van der Waals surface area (Å²) >= 11 is 13.2. The number of alkyl halides is 1. The smallest absolute Gasteiger partial charge is 0.143 e. The van der Waals surface area contributed by atoms with Crippen LogP contribution in [0.2, 0.25) is 5.02 Å². The number of hydrogen-bond donors (Lipinski definition) is 0. The van der Waals surface area contributed by atoms with Crippen LogP contribution in [0.15, 0.2) is 18.2 Å². The summed E-state index contributed by atoms with van der Waals surface area (Å²) < 4.78 is 0. The average Bonchev–Trinajstić information content (AvgIpc) is 2.67. The number of halogens is 2. The molecule has 5 heteroatoms. The van der Waals surface area contributed by atoms with Crippen LogP contribution in [0.3, 0.4) is 0 Å². The number of aromatic nitrogens is 2. The van der Waals surface area contributed by atoms with Crippen molar-refractivity contribution in [3.63, 3.8) is 0 Å². The molecule has 2 aromatic rings. The molecule has 0 fully saturated rings. The van der Waals surface area contributed by atoms with E-state index >= 15 is 0 Å². The summed E-state index contributed by atoms with van der Waals surface area (Å²) in [6.45, 7) is 2.02. The Hall–Kier alpha value is -0.640. The third kappa shape index (κ3) is 2.54. The quantitative estimate of drug-likeness (QED) is 0.791. The number of rotatable bonds is 3. The molecule has 0 saturated heterocycles. The molecule has 0 radical (unpaired) electrons. The summed E-state index contributed by atoms with van der Waals surface area (Å²) in [6, 6.07) is 5.77. The second-order valence-corrected chi connectivity index (χ2v) is 5.28. The molecule has 0 spiro atoms. The van der Waals surface area contributed by atoms with Gasteiger partial charge in [0.15, 0.2) is 0 Å². The van der Waals surface area contributed by atoms with E-state index in [4.69, 9.17) is 23.2 Å². The zero-order valence-corrected chi connectivity index (χ0v) is 11.0. The Morgan fingerprint density at radius 2 is 2.12 bits per heavy atom. The van der Waals surface area contributed by atoms with Crippen molar-refractivity contribution in [3.05, 3.63) is 33.8 Å². The molecule has 0 bridgehead atoms. The number of hydrogen-bond acceptors (Lipinski definition) is 3. The lowest BCUT2D eigenvalue weighted by atomic mass is 10.1. The van der Waals surface area contributed by atoms with Crippen molar-refractivity contribution in [2.75, 3.05) is 5.88 Å². The van der Waals surface area contributed by atoms with E-state index < -0.39 is 0 Å². The maximum Gasteiger partial charge on any atom is 0.148 e. The van der Waals surface area contributed by atoms with Crippen LogP contribution >= 0.6 is 34.5 Å². The first-order chi connectivity index (χ1) is 7.70. The van der Waals surface area contributed by atoms with Crippen molar-refractivity contribution in [3.8, 4) is 10.6 Å². The van der Waals surface area contributed by atoms with Crippen LogP contribution in [0.25, 0.3) is 10.6 Å². The summed E-state index contributed by atoms with van der Waals surface area (Å²) in [7, 11) is 0. The van der Waals surface area contributed by atoms with E-state index in [9.17, 15) is 0 Å². The molecule has 0 N–H and O–H groups in total. The third-order valence-electron chi connectivity index (χ3n) is 2.19. The molecule has 0 saturated carbocycles. The fourth-order valence-electron chi connectivity index (χ4n) is 1.41. The van der Waals surface area contributed by atoms with Gasteiger partial charge in [-0.2, -0.15) is 0 Å². The van der Waals surface area contributed by atoms with E-state index in [-0.39, 0.29) is 0 Å². The van der Waals surface area contributed by atoms with E-state index in [1.54, 1.807) is 11.3 Å². The van der Waals surface area contributed by atoms with Crippen molar-refractivity contribution in [2.45, 2.75) is 13.3 Å². The standard InChI is InChI=1S/C11H10Cl2N2S/c1-7-6-8(13)2-3-9(7)11-15-14-10(16-11)4-5-12/h2-3,6H,4-5H2,1H3. The van der Waals surface area contributed by atoms with Crippen molar-refractivity contribution in [1.82, 2.24) is 10.2 Å². The topological polar surface area (TPSA) is 25.8 Å². The second-order valence-electron chi connectivity index (χ2n) is 3.40. The van der Waals surface area contributed by atoms with Crippen LogP contribution in [0.4, 0.5) is 0 Å². The Morgan fingerprint density at radius 1 is 1.31 bits per heavy atom. The number of nitrogens with zero attached hydrogens (tertiary/aromatic N) is 2. The molecule has 1 aromatic carbocycles. The van der Waals surface area contributed by atoms with Crippen LogP contribution in [0.5, 0.6) is 0 Å². The number of aryl methyl sites for hydroxylation is 2. The van der Waals surface area contributed by atoms with E-state index in [2.05, 4.69) is 10.2 Å². The molecule has 0 aliphatic heterocycles. The highest BCUT2D eigenvalue weighted by molar-refractivity contribution is 7.14. The molecule has 1 heterocycles. The largest absolute Gasteiger partial charge is 0.148 e. The highest BCUT2D eigenvalue weighted by atomic mass is 35.5. The normalized spacial score (nSPS) is 10.7. The molecular formula is C11H10Cl2N2S. The fraction of sp³-hybridized carbons (Fsp3) is 0.273. The summed E-state index contributed by atoms with van der Waals surface area (Å²) in [5.41, 5.74) is 2.20. The van der Waals surface area contributed by atoms with Crippen LogP contribution in [0, 0.1) is 6.92 Å². The lowest BCUT2D eigenvalue weighted by Crippen LogP contribution is -1.83. The molecule has 0 atom stereocenters. The van der Waals surface area contributed by atoms with Gasteiger partial charge in [0.25, 0.3) is 0 Å². The first-order valence-electron chi connectivity index (χ1n) is 4.85. The summed E-state index contributed by atoms with van der Waals surface area (Å²) in [5, 5.41) is 10.9. The molecule has 0 amide bonds. The predicted octanol–water partition coefficient (Wildman–Crippen LogP) is 3.95. The van der Waals surface area contributed by atoms with Gasteiger partial charge < -0.3 is 0 Å². The minimum Gasteiger partial charge on any atom is -0.143 e. The number of benzene rings is 1. The average molecular weight is 273 g/mol. The Bertz CT molecular complexity index is 496. The summed E-state index contributed by atoms with van der Waals surface area (Å²) in [5.74, 6) is 0.578. The van der Waals surface area contributed by atoms with E-state index in [1.807, 2.05) is 25.1 Å². The van der Waals surface area contributed by atoms with E-state index in [0.29, 0.717) is 5.88 Å². The molecule has 16 heavy (non-hydrogen) atoms. The molecule has 1 aromatic heterocycles. The molecule has 0 aliphatic rings. The van der Waals surface area contributed by atoms with Gasteiger partial charge in [-0.05, 0) is 24.6 Å². The minimum absolute atomic E-state index is 0.578. The van der Waals surface area contributed by atoms with Gasteiger partial charge in [-0.3, -0.25) is 0 Å².